The number of benzene rings is 1. The summed E-state index contributed by atoms with van der Waals surface area (Å²) in [4.78, 5) is 27.0. The Morgan fingerprint density at radius 1 is 0.929 bits per heavy atom. The SMILES string of the molecule is CNCCCC(C)CN(CC(C)CCCNC)C(=O)c1ccccc1C(N)=O. The van der Waals surface area contributed by atoms with Crippen LogP contribution in [0.2, 0.25) is 0 Å². The van der Waals surface area contributed by atoms with Gasteiger partial charge in [0.2, 0.25) is 5.91 Å². The van der Waals surface area contributed by atoms with Gasteiger partial charge in [-0.3, -0.25) is 9.59 Å². The van der Waals surface area contributed by atoms with Gasteiger partial charge in [-0.1, -0.05) is 26.0 Å². The number of hydrogen-bond donors (Lipinski definition) is 3. The van der Waals surface area contributed by atoms with E-state index in [2.05, 4.69) is 24.5 Å². The van der Waals surface area contributed by atoms with Crippen molar-refractivity contribution in [3.8, 4) is 0 Å². The van der Waals surface area contributed by atoms with Gasteiger partial charge >= 0.3 is 0 Å². The second kappa shape index (κ2) is 13.3. The van der Waals surface area contributed by atoms with Crippen LogP contribution in [0.1, 0.15) is 60.2 Å². The summed E-state index contributed by atoms with van der Waals surface area (Å²) in [6.45, 7) is 7.69. The van der Waals surface area contributed by atoms with Gasteiger partial charge in [-0.2, -0.15) is 0 Å². The van der Waals surface area contributed by atoms with Crippen molar-refractivity contribution in [2.24, 2.45) is 17.6 Å². The molecule has 0 saturated heterocycles. The lowest BCUT2D eigenvalue weighted by atomic mass is 9.99. The van der Waals surface area contributed by atoms with E-state index in [4.69, 9.17) is 5.73 Å². The van der Waals surface area contributed by atoms with Gasteiger partial charge in [-0.25, -0.2) is 0 Å². The van der Waals surface area contributed by atoms with E-state index in [0.717, 1.165) is 38.8 Å². The van der Waals surface area contributed by atoms with E-state index in [1.807, 2.05) is 19.0 Å². The number of rotatable bonds is 14. The van der Waals surface area contributed by atoms with Crippen molar-refractivity contribution in [1.29, 1.82) is 0 Å². The van der Waals surface area contributed by atoms with Crippen molar-refractivity contribution >= 4 is 11.8 Å². The van der Waals surface area contributed by atoms with Gasteiger partial charge in [0.1, 0.15) is 0 Å². The highest BCUT2D eigenvalue weighted by Gasteiger charge is 2.23. The molecule has 1 rings (SSSR count). The first-order chi connectivity index (χ1) is 13.4. The number of nitrogens with two attached hydrogens (primary N) is 1. The number of carbonyl (C=O) groups is 2. The highest BCUT2D eigenvalue weighted by molar-refractivity contribution is 6.06. The number of primary amides is 1. The van der Waals surface area contributed by atoms with E-state index in [1.165, 1.54) is 0 Å². The van der Waals surface area contributed by atoms with Gasteiger partial charge in [-0.05, 0) is 76.8 Å². The Kier molecular flexibility index (Phi) is 11.4. The molecule has 2 unspecified atom stereocenters. The van der Waals surface area contributed by atoms with E-state index >= 15 is 0 Å². The van der Waals surface area contributed by atoms with Crippen LogP contribution in [0, 0.1) is 11.8 Å². The van der Waals surface area contributed by atoms with Crippen LogP contribution in [0.15, 0.2) is 24.3 Å². The first kappa shape index (κ1) is 24.1. The van der Waals surface area contributed by atoms with Crippen LogP contribution in [-0.4, -0.2) is 57.0 Å². The summed E-state index contributed by atoms with van der Waals surface area (Å²) in [6.07, 6.45) is 4.26. The normalized spacial score (nSPS) is 13.1. The Bertz CT molecular complexity index is 588. The van der Waals surface area contributed by atoms with Crippen LogP contribution >= 0.6 is 0 Å². The number of hydrogen-bond acceptors (Lipinski definition) is 4. The Balaban J connectivity index is 2.92. The minimum absolute atomic E-state index is 0.102. The van der Waals surface area contributed by atoms with E-state index in [9.17, 15) is 9.59 Å². The van der Waals surface area contributed by atoms with Crippen LogP contribution in [0.5, 0.6) is 0 Å². The van der Waals surface area contributed by atoms with Gasteiger partial charge in [0.05, 0.1) is 11.1 Å². The molecule has 0 aliphatic heterocycles. The molecule has 28 heavy (non-hydrogen) atoms. The fraction of sp³-hybridized carbons (Fsp3) is 0.636. The minimum atomic E-state index is -0.562. The van der Waals surface area contributed by atoms with Crippen LogP contribution < -0.4 is 16.4 Å². The van der Waals surface area contributed by atoms with Crippen LogP contribution in [0.3, 0.4) is 0 Å². The summed E-state index contributed by atoms with van der Waals surface area (Å²) < 4.78 is 0. The van der Waals surface area contributed by atoms with Crippen LogP contribution in [0.25, 0.3) is 0 Å². The lowest BCUT2D eigenvalue weighted by molar-refractivity contribution is 0.0695. The molecule has 0 aliphatic rings. The number of carbonyl (C=O) groups excluding carboxylic acids is 2. The Morgan fingerprint density at radius 3 is 1.82 bits per heavy atom. The van der Waals surface area contributed by atoms with Crippen molar-refractivity contribution in [1.82, 2.24) is 15.5 Å². The Morgan fingerprint density at radius 2 is 1.39 bits per heavy atom. The van der Waals surface area contributed by atoms with E-state index in [1.54, 1.807) is 24.3 Å². The summed E-state index contributed by atoms with van der Waals surface area (Å²) in [7, 11) is 3.90. The molecule has 1 aromatic carbocycles. The second-order valence-electron chi connectivity index (χ2n) is 7.82. The molecule has 1 aromatic rings. The summed E-state index contributed by atoms with van der Waals surface area (Å²) in [5.41, 5.74) is 6.19. The molecule has 0 spiro atoms. The molecule has 0 fully saturated rings. The van der Waals surface area contributed by atoms with Crippen molar-refractivity contribution < 1.29 is 9.59 Å². The zero-order chi connectivity index (χ0) is 20.9. The summed E-state index contributed by atoms with van der Waals surface area (Å²) in [5.74, 6) is 0.119. The number of nitrogens with one attached hydrogen (secondary N) is 2. The molecule has 0 aliphatic carbocycles. The third kappa shape index (κ3) is 8.40. The highest BCUT2D eigenvalue weighted by Crippen LogP contribution is 2.18. The second-order valence-corrected chi connectivity index (χ2v) is 7.82. The zero-order valence-electron chi connectivity index (χ0n) is 18.0. The summed E-state index contributed by atoms with van der Waals surface area (Å²) in [5, 5.41) is 6.34. The topological polar surface area (TPSA) is 87.5 Å². The molecule has 0 bridgehead atoms. The molecule has 0 saturated carbocycles. The average Bonchev–Trinajstić information content (AvgIpc) is 2.67. The molecule has 158 valence electrons. The first-order valence-corrected chi connectivity index (χ1v) is 10.4. The molecular weight excluding hydrogens is 352 g/mol. The standard InChI is InChI=1S/C22H38N4O2/c1-17(9-7-13-24-3)15-26(16-18(2)10-8-14-25-4)22(28)20-12-6-5-11-19(20)21(23)27/h5-6,11-12,17-18,24-25H,7-10,13-16H2,1-4H3,(H2,23,27). The van der Waals surface area contributed by atoms with E-state index in [-0.39, 0.29) is 5.91 Å². The fourth-order valence-corrected chi connectivity index (χ4v) is 3.48. The van der Waals surface area contributed by atoms with Crippen molar-refractivity contribution in [2.45, 2.75) is 39.5 Å². The molecule has 0 radical (unpaired) electrons. The molecule has 6 heteroatoms. The molecule has 6 nitrogen and oxygen atoms in total. The Labute approximate surface area is 170 Å². The molecule has 0 heterocycles. The van der Waals surface area contributed by atoms with Gasteiger partial charge < -0.3 is 21.3 Å². The van der Waals surface area contributed by atoms with E-state index in [0.29, 0.717) is 36.1 Å². The van der Waals surface area contributed by atoms with Crippen LogP contribution in [0.4, 0.5) is 0 Å². The van der Waals surface area contributed by atoms with Gasteiger partial charge in [0, 0.05) is 13.1 Å². The van der Waals surface area contributed by atoms with Gasteiger partial charge in [0.25, 0.3) is 5.91 Å². The number of nitrogens with zero attached hydrogens (tertiary/aromatic N) is 1. The zero-order valence-corrected chi connectivity index (χ0v) is 18.0. The fourth-order valence-electron chi connectivity index (χ4n) is 3.48. The first-order valence-electron chi connectivity index (χ1n) is 10.4. The van der Waals surface area contributed by atoms with Gasteiger partial charge in [0.15, 0.2) is 0 Å². The monoisotopic (exact) mass is 390 g/mol. The Hall–Kier alpha value is -1.92. The molecule has 2 amide bonds. The highest BCUT2D eigenvalue weighted by atomic mass is 16.2. The largest absolute Gasteiger partial charge is 0.366 e. The van der Waals surface area contributed by atoms with E-state index < -0.39 is 5.91 Å². The quantitative estimate of drug-likeness (QED) is 0.426. The predicted octanol–water partition coefficient (Wildman–Crippen LogP) is 2.50. The van der Waals surface area contributed by atoms with Crippen molar-refractivity contribution in [3.63, 3.8) is 0 Å². The number of amides is 2. The summed E-state index contributed by atoms with van der Waals surface area (Å²) >= 11 is 0. The summed E-state index contributed by atoms with van der Waals surface area (Å²) in [6, 6.07) is 6.85. The molecule has 2 atom stereocenters. The maximum absolute atomic E-state index is 13.3. The lowest BCUT2D eigenvalue weighted by Crippen LogP contribution is -2.39. The van der Waals surface area contributed by atoms with Crippen LogP contribution in [-0.2, 0) is 0 Å². The third-order valence-electron chi connectivity index (χ3n) is 5.02. The minimum Gasteiger partial charge on any atom is -0.366 e. The maximum Gasteiger partial charge on any atom is 0.254 e. The maximum atomic E-state index is 13.3. The average molecular weight is 391 g/mol. The van der Waals surface area contributed by atoms with Crippen molar-refractivity contribution in [3.05, 3.63) is 35.4 Å². The molecular formula is C22H38N4O2. The third-order valence-corrected chi connectivity index (χ3v) is 5.02. The predicted molar refractivity (Wildman–Crippen MR) is 116 cm³/mol. The van der Waals surface area contributed by atoms with Gasteiger partial charge in [-0.15, -0.1) is 0 Å². The lowest BCUT2D eigenvalue weighted by Gasteiger charge is -2.29. The molecule has 4 N–H and O–H groups in total. The smallest absolute Gasteiger partial charge is 0.254 e. The van der Waals surface area contributed by atoms with Crippen molar-refractivity contribution in [2.75, 3.05) is 40.3 Å². The molecule has 0 aromatic heterocycles.